The highest BCUT2D eigenvalue weighted by atomic mass is 32.2. The summed E-state index contributed by atoms with van der Waals surface area (Å²) in [5, 5.41) is 0. The highest BCUT2D eigenvalue weighted by Gasteiger charge is 2.43. The van der Waals surface area contributed by atoms with Crippen LogP contribution in [0.2, 0.25) is 0 Å². The van der Waals surface area contributed by atoms with E-state index in [1.54, 1.807) is 6.92 Å². The summed E-state index contributed by atoms with van der Waals surface area (Å²) in [6.45, 7) is 3.88. The van der Waals surface area contributed by atoms with E-state index in [-0.39, 0.29) is 22.7 Å². The van der Waals surface area contributed by atoms with Gasteiger partial charge < -0.3 is 9.47 Å². The summed E-state index contributed by atoms with van der Waals surface area (Å²) in [4.78, 5) is 12.6. The monoisotopic (exact) mass is 367 g/mol. The highest BCUT2D eigenvalue weighted by Crippen LogP contribution is 2.38. The summed E-state index contributed by atoms with van der Waals surface area (Å²) in [5.74, 6) is -0.498. The molecule has 0 unspecified atom stereocenters. The third kappa shape index (κ3) is 3.53. The van der Waals surface area contributed by atoms with Gasteiger partial charge in [0.1, 0.15) is 10.6 Å². The van der Waals surface area contributed by atoms with Crippen molar-refractivity contribution < 1.29 is 22.7 Å². The van der Waals surface area contributed by atoms with E-state index >= 15 is 0 Å². The Morgan fingerprint density at radius 2 is 1.96 bits per heavy atom. The number of ether oxygens (including phenoxy) is 2. The molecule has 1 aliphatic heterocycles. The summed E-state index contributed by atoms with van der Waals surface area (Å²) in [6, 6.07) is 3.37. The first kappa shape index (κ1) is 18.2. The van der Waals surface area contributed by atoms with Crippen molar-refractivity contribution in [1.29, 1.82) is 0 Å². The first-order chi connectivity index (χ1) is 11.8. The SMILES string of the molecule is COc1c(C)cc(C)cc1S(=O)(=O)NC(=O)[C@@H]1CO[C@@H]2CCCC[C@@H]21. The van der Waals surface area contributed by atoms with Crippen LogP contribution in [0.1, 0.15) is 36.8 Å². The highest BCUT2D eigenvalue weighted by molar-refractivity contribution is 7.90. The standard InChI is InChI=1S/C18H25NO5S/c1-11-8-12(2)17(23-3)16(9-11)25(21,22)19-18(20)14-10-24-15-7-5-4-6-13(14)15/h8-9,13-15H,4-7,10H2,1-3H3,(H,19,20)/t13-,14-,15-/m1/s1. The predicted octanol–water partition coefficient (Wildman–Crippen LogP) is 2.32. The minimum atomic E-state index is -4.00. The molecule has 138 valence electrons. The molecular formula is C18H25NO5S. The molecule has 25 heavy (non-hydrogen) atoms. The largest absolute Gasteiger partial charge is 0.495 e. The van der Waals surface area contributed by atoms with E-state index in [1.165, 1.54) is 13.2 Å². The second kappa shape index (κ2) is 6.96. The van der Waals surface area contributed by atoms with E-state index in [4.69, 9.17) is 9.47 Å². The Bertz CT molecular complexity index is 774. The fourth-order valence-corrected chi connectivity index (χ4v) is 5.41. The fraction of sp³-hybridized carbons (Fsp3) is 0.611. The number of amides is 1. The van der Waals surface area contributed by atoms with Gasteiger partial charge in [-0.1, -0.05) is 18.9 Å². The average Bonchev–Trinajstić information content (AvgIpc) is 2.98. The fourth-order valence-electron chi connectivity index (χ4n) is 4.05. The van der Waals surface area contributed by atoms with Crippen molar-refractivity contribution in [1.82, 2.24) is 4.72 Å². The van der Waals surface area contributed by atoms with Crippen molar-refractivity contribution in [3.8, 4) is 5.75 Å². The third-order valence-corrected chi connectivity index (χ3v) is 6.56. The molecule has 3 atom stereocenters. The number of hydrogen-bond donors (Lipinski definition) is 1. The van der Waals surface area contributed by atoms with Crippen molar-refractivity contribution in [2.24, 2.45) is 11.8 Å². The lowest BCUT2D eigenvalue weighted by Gasteiger charge is -2.26. The van der Waals surface area contributed by atoms with Gasteiger partial charge >= 0.3 is 0 Å². The molecule has 1 aromatic rings. The van der Waals surface area contributed by atoms with Crippen LogP contribution in [0.3, 0.4) is 0 Å². The number of hydrogen-bond acceptors (Lipinski definition) is 5. The van der Waals surface area contributed by atoms with Crippen LogP contribution in [0.15, 0.2) is 17.0 Å². The number of rotatable bonds is 4. The smallest absolute Gasteiger partial charge is 0.267 e. The van der Waals surface area contributed by atoms with Gasteiger partial charge in [0.2, 0.25) is 5.91 Å². The van der Waals surface area contributed by atoms with Gasteiger partial charge in [-0.3, -0.25) is 4.79 Å². The molecule has 1 aliphatic carbocycles. The molecule has 3 rings (SSSR count). The van der Waals surface area contributed by atoms with Crippen molar-refractivity contribution in [2.75, 3.05) is 13.7 Å². The Balaban J connectivity index is 1.83. The zero-order valence-electron chi connectivity index (χ0n) is 14.9. The number of carbonyl (C=O) groups is 1. The third-order valence-electron chi connectivity index (χ3n) is 5.21. The Labute approximate surface area is 148 Å². The van der Waals surface area contributed by atoms with E-state index in [9.17, 15) is 13.2 Å². The molecule has 1 aromatic carbocycles. The molecule has 1 saturated heterocycles. The topological polar surface area (TPSA) is 81.7 Å². The molecule has 0 aromatic heterocycles. The quantitative estimate of drug-likeness (QED) is 0.883. The van der Waals surface area contributed by atoms with Gasteiger partial charge in [-0.2, -0.15) is 0 Å². The zero-order chi connectivity index (χ0) is 18.2. The van der Waals surface area contributed by atoms with Crippen LogP contribution in [0.4, 0.5) is 0 Å². The molecule has 0 radical (unpaired) electrons. The summed E-state index contributed by atoms with van der Waals surface area (Å²) in [7, 11) is -2.58. The molecule has 2 aliphatic rings. The summed E-state index contributed by atoms with van der Waals surface area (Å²) >= 11 is 0. The molecular weight excluding hydrogens is 342 g/mol. The van der Waals surface area contributed by atoms with Gasteiger partial charge in [-0.25, -0.2) is 13.1 Å². The van der Waals surface area contributed by atoms with E-state index in [2.05, 4.69) is 4.72 Å². The van der Waals surface area contributed by atoms with E-state index in [0.717, 1.165) is 31.2 Å². The first-order valence-electron chi connectivity index (χ1n) is 8.67. The van der Waals surface area contributed by atoms with Gasteiger partial charge in [0.05, 0.1) is 25.7 Å². The zero-order valence-corrected chi connectivity index (χ0v) is 15.7. The number of benzene rings is 1. The molecule has 1 heterocycles. The number of fused-ring (bicyclic) bond motifs is 1. The molecule has 1 saturated carbocycles. The minimum absolute atomic E-state index is 0.0000375. The lowest BCUT2D eigenvalue weighted by molar-refractivity contribution is -0.124. The van der Waals surface area contributed by atoms with Crippen molar-refractivity contribution >= 4 is 15.9 Å². The Morgan fingerprint density at radius 3 is 2.68 bits per heavy atom. The maximum atomic E-state index is 12.8. The molecule has 1 N–H and O–H groups in total. The number of aryl methyl sites for hydroxylation is 2. The second-order valence-electron chi connectivity index (χ2n) is 7.01. The van der Waals surface area contributed by atoms with Crippen LogP contribution in [0.5, 0.6) is 5.75 Å². The average molecular weight is 367 g/mol. The van der Waals surface area contributed by atoms with Crippen molar-refractivity contribution in [3.63, 3.8) is 0 Å². The van der Waals surface area contributed by atoms with Crippen LogP contribution in [-0.2, 0) is 19.6 Å². The Morgan fingerprint density at radius 1 is 1.24 bits per heavy atom. The van der Waals surface area contributed by atoms with Gasteiger partial charge in [0.15, 0.2) is 0 Å². The van der Waals surface area contributed by atoms with E-state index in [1.807, 2.05) is 13.0 Å². The van der Waals surface area contributed by atoms with Gasteiger partial charge in [0, 0.05) is 0 Å². The van der Waals surface area contributed by atoms with Crippen molar-refractivity contribution in [2.45, 2.75) is 50.5 Å². The number of methoxy groups -OCH3 is 1. The normalized spacial score (nSPS) is 26.1. The maximum absolute atomic E-state index is 12.8. The maximum Gasteiger partial charge on any atom is 0.267 e. The molecule has 1 amide bonds. The van der Waals surface area contributed by atoms with Crippen LogP contribution in [0, 0.1) is 25.7 Å². The van der Waals surface area contributed by atoms with Crippen LogP contribution >= 0.6 is 0 Å². The van der Waals surface area contributed by atoms with E-state index < -0.39 is 21.8 Å². The molecule has 7 heteroatoms. The lowest BCUT2D eigenvalue weighted by Crippen LogP contribution is -2.40. The van der Waals surface area contributed by atoms with Gasteiger partial charge in [-0.15, -0.1) is 0 Å². The first-order valence-corrected chi connectivity index (χ1v) is 10.2. The second-order valence-corrected chi connectivity index (χ2v) is 8.66. The summed E-state index contributed by atoms with van der Waals surface area (Å²) in [6.07, 6.45) is 4.12. The molecule has 2 fully saturated rings. The van der Waals surface area contributed by atoms with Crippen molar-refractivity contribution in [3.05, 3.63) is 23.3 Å². The number of carbonyl (C=O) groups excluding carboxylic acids is 1. The van der Waals surface area contributed by atoms with Crippen LogP contribution in [-0.4, -0.2) is 34.1 Å². The van der Waals surface area contributed by atoms with Crippen LogP contribution in [0.25, 0.3) is 0 Å². The van der Waals surface area contributed by atoms with E-state index in [0.29, 0.717) is 12.2 Å². The van der Waals surface area contributed by atoms with Gasteiger partial charge in [0.25, 0.3) is 10.0 Å². The molecule has 0 spiro atoms. The summed E-state index contributed by atoms with van der Waals surface area (Å²) < 4.78 is 38.8. The molecule has 6 nitrogen and oxygen atoms in total. The van der Waals surface area contributed by atoms with Crippen LogP contribution < -0.4 is 9.46 Å². The predicted molar refractivity (Wildman–Crippen MR) is 93.0 cm³/mol. The number of sulfonamides is 1. The lowest BCUT2D eigenvalue weighted by atomic mass is 9.80. The number of nitrogens with one attached hydrogen (secondary N) is 1. The molecule has 0 bridgehead atoms. The van der Waals surface area contributed by atoms with Gasteiger partial charge in [-0.05, 0) is 49.8 Å². The minimum Gasteiger partial charge on any atom is -0.495 e. The summed E-state index contributed by atoms with van der Waals surface area (Å²) in [5.41, 5.74) is 1.51. The Hall–Kier alpha value is -1.60. The Kier molecular flexibility index (Phi) is 5.06.